The van der Waals surface area contributed by atoms with Crippen LogP contribution < -0.4 is 5.32 Å². The van der Waals surface area contributed by atoms with Crippen molar-refractivity contribution in [1.82, 2.24) is 10.2 Å². The molecule has 0 radical (unpaired) electrons. The lowest BCUT2D eigenvalue weighted by atomic mass is 10.1. The molecule has 1 saturated carbocycles. The van der Waals surface area contributed by atoms with Gasteiger partial charge in [0.15, 0.2) is 5.96 Å². The van der Waals surface area contributed by atoms with Gasteiger partial charge in [-0.15, -0.1) is 24.0 Å². The lowest BCUT2D eigenvalue weighted by Crippen LogP contribution is -2.47. The van der Waals surface area contributed by atoms with Gasteiger partial charge in [-0.2, -0.15) is 0 Å². The molecule has 2 aliphatic heterocycles. The average molecular weight is 524 g/mol. The fraction of sp³-hybridized carbons (Fsp3) is 0.955. The number of likely N-dealkylation sites (tertiary alicyclic amines) is 1. The largest absolute Gasteiger partial charge is 0.381 e. The number of hydrogen-bond acceptors (Lipinski definition) is 4. The Morgan fingerprint density at radius 1 is 1.07 bits per heavy atom. The lowest BCUT2D eigenvalue weighted by molar-refractivity contribution is 0.00101. The number of hydrogen-bond donors (Lipinski definition) is 1. The van der Waals surface area contributed by atoms with Crippen LogP contribution in [0.25, 0.3) is 0 Å². The van der Waals surface area contributed by atoms with Crippen LogP contribution in [0.5, 0.6) is 0 Å². The zero-order chi connectivity index (χ0) is 19.4. The number of halogens is 1. The molecular formula is C22H42IN3O3. The van der Waals surface area contributed by atoms with Gasteiger partial charge in [0, 0.05) is 51.9 Å². The lowest BCUT2D eigenvalue weighted by Gasteiger charge is -2.34. The predicted molar refractivity (Wildman–Crippen MR) is 128 cm³/mol. The predicted octanol–water partition coefficient (Wildman–Crippen LogP) is 3.68. The topological polar surface area (TPSA) is 55.3 Å². The third kappa shape index (κ3) is 9.27. The van der Waals surface area contributed by atoms with E-state index in [-0.39, 0.29) is 24.0 Å². The van der Waals surface area contributed by atoms with Crippen molar-refractivity contribution in [2.24, 2.45) is 16.8 Å². The summed E-state index contributed by atoms with van der Waals surface area (Å²) in [6, 6.07) is 0. The van der Waals surface area contributed by atoms with E-state index in [0.717, 1.165) is 96.8 Å². The van der Waals surface area contributed by atoms with E-state index in [0.29, 0.717) is 12.0 Å². The molecule has 7 heteroatoms. The average Bonchev–Trinajstić information content (AvgIpc) is 3.43. The molecule has 170 valence electrons. The van der Waals surface area contributed by atoms with E-state index < -0.39 is 0 Å². The Kier molecular flexibility index (Phi) is 12.8. The Morgan fingerprint density at radius 3 is 2.55 bits per heavy atom. The minimum absolute atomic E-state index is 0. The van der Waals surface area contributed by atoms with Gasteiger partial charge in [-0.25, -0.2) is 0 Å². The molecule has 0 bridgehead atoms. The van der Waals surface area contributed by atoms with Crippen LogP contribution in [0.15, 0.2) is 4.99 Å². The SMILES string of the molecule is CCNC(=NCCCOCC1CCOC1)N1CCC(OCC2CCCC2)CC1.I. The van der Waals surface area contributed by atoms with Crippen LogP contribution >= 0.6 is 24.0 Å². The maximum absolute atomic E-state index is 6.21. The quantitative estimate of drug-likeness (QED) is 0.205. The third-order valence-electron chi connectivity index (χ3n) is 6.20. The number of nitrogens with one attached hydrogen (secondary N) is 1. The van der Waals surface area contributed by atoms with E-state index in [4.69, 9.17) is 19.2 Å². The molecule has 1 atom stereocenters. The molecule has 0 aromatic carbocycles. The standard InChI is InChI=1S/C22H41N3O3.HI/c1-2-23-22(24-11-5-14-26-16-20-10-15-27-17-20)25-12-8-21(9-13-25)28-18-19-6-3-4-7-19;/h19-21H,2-18H2,1H3,(H,23,24);1H. The van der Waals surface area contributed by atoms with Gasteiger partial charge in [0.1, 0.15) is 0 Å². The van der Waals surface area contributed by atoms with Gasteiger partial charge in [-0.1, -0.05) is 12.8 Å². The molecule has 1 N–H and O–H groups in total. The fourth-order valence-electron chi connectivity index (χ4n) is 4.43. The summed E-state index contributed by atoms with van der Waals surface area (Å²) >= 11 is 0. The number of piperidine rings is 1. The number of rotatable bonds is 10. The smallest absolute Gasteiger partial charge is 0.193 e. The molecule has 3 rings (SSSR count). The summed E-state index contributed by atoms with van der Waals surface area (Å²) in [5.41, 5.74) is 0. The first-order valence-electron chi connectivity index (χ1n) is 11.7. The number of guanidine groups is 1. The summed E-state index contributed by atoms with van der Waals surface area (Å²) in [5, 5.41) is 3.46. The summed E-state index contributed by atoms with van der Waals surface area (Å²) in [4.78, 5) is 7.22. The molecule has 2 heterocycles. The van der Waals surface area contributed by atoms with Gasteiger partial charge in [0.25, 0.3) is 0 Å². The van der Waals surface area contributed by atoms with E-state index in [1.54, 1.807) is 0 Å². The van der Waals surface area contributed by atoms with Crippen molar-refractivity contribution in [3.05, 3.63) is 0 Å². The molecule has 0 spiro atoms. The van der Waals surface area contributed by atoms with Gasteiger partial charge >= 0.3 is 0 Å². The molecule has 3 fully saturated rings. The first-order valence-corrected chi connectivity index (χ1v) is 11.7. The van der Waals surface area contributed by atoms with E-state index in [1.165, 1.54) is 25.7 Å². The highest BCUT2D eigenvalue weighted by Crippen LogP contribution is 2.26. The Balaban J connectivity index is 0.00000300. The van der Waals surface area contributed by atoms with Crippen LogP contribution in [0.1, 0.15) is 58.3 Å². The van der Waals surface area contributed by atoms with Crippen molar-refractivity contribution < 1.29 is 14.2 Å². The van der Waals surface area contributed by atoms with Crippen LogP contribution in [0.3, 0.4) is 0 Å². The zero-order valence-electron chi connectivity index (χ0n) is 18.3. The minimum atomic E-state index is 0. The Labute approximate surface area is 194 Å². The number of aliphatic imine (C=N–C) groups is 1. The molecule has 29 heavy (non-hydrogen) atoms. The molecule has 0 amide bonds. The maximum Gasteiger partial charge on any atom is 0.193 e. The Bertz CT molecular complexity index is 447. The van der Waals surface area contributed by atoms with Gasteiger partial charge in [-0.05, 0) is 51.4 Å². The van der Waals surface area contributed by atoms with Crippen molar-refractivity contribution >= 4 is 29.9 Å². The second-order valence-corrected chi connectivity index (χ2v) is 8.56. The first kappa shape index (κ1) is 25.1. The van der Waals surface area contributed by atoms with E-state index >= 15 is 0 Å². The van der Waals surface area contributed by atoms with Crippen LogP contribution in [0, 0.1) is 11.8 Å². The molecular weight excluding hydrogens is 481 g/mol. The fourth-order valence-corrected chi connectivity index (χ4v) is 4.43. The van der Waals surface area contributed by atoms with Crippen LogP contribution in [-0.2, 0) is 14.2 Å². The highest BCUT2D eigenvalue weighted by atomic mass is 127. The van der Waals surface area contributed by atoms with Gasteiger partial charge in [0.2, 0.25) is 0 Å². The molecule has 3 aliphatic rings. The Hall–Kier alpha value is -0.120. The normalized spacial score (nSPS) is 24.1. The second kappa shape index (κ2) is 14.8. The Morgan fingerprint density at radius 2 is 1.86 bits per heavy atom. The summed E-state index contributed by atoms with van der Waals surface area (Å²) < 4.78 is 17.4. The van der Waals surface area contributed by atoms with Crippen molar-refractivity contribution in [2.45, 2.75) is 64.4 Å². The molecule has 2 saturated heterocycles. The van der Waals surface area contributed by atoms with Crippen LogP contribution in [-0.4, -0.2) is 76.2 Å². The third-order valence-corrected chi connectivity index (χ3v) is 6.20. The second-order valence-electron chi connectivity index (χ2n) is 8.56. The zero-order valence-corrected chi connectivity index (χ0v) is 20.6. The minimum Gasteiger partial charge on any atom is -0.381 e. The molecule has 1 aliphatic carbocycles. The van der Waals surface area contributed by atoms with Gasteiger partial charge in [0.05, 0.1) is 19.3 Å². The number of nitrogens with zero attached hydrogens (tertiary/aromatic N) is 2. The van der Waals surface area contributed by atoms with Gasteiger partial charge in [-0.3, -0.25) is 4.99 Å². The molecule has 1 unspecified atom stereocenters. The summed E-state index contributed by atoms with van der Waals surface area (Å²) in [7, 11) is 0. The van der Waals surface area contributed by atoms with Crippen molar-refractivity contribution in [2.75, 3.05) is 59.2 Å². The van der Waals surface area contributed by atoms with Crippen LogP contribution in [0.4, 0.5) is 0 Å². The monoisotopic (exact) mass is 523 g/mol. The van der Waals surface area contributed by atoms with Crippen molar-refractivity contribution in [1.29, 1.82) is 0 Å². The van der Waals surface area contributed by atoms with Crippen molar-refractivity contribution in [3.63, 3.8) is 0 Å². The van der Waals surface area contributed by atoms with Gasteiger partial charge < -0.3 is 24.4 Å². The number of ether oxygens (including phenoxy) is 3. The first-order chi connectivity index (χ1) is 13.8. The highest BCUT2D eigenvalue weighted by Gasteiger charge is 2.24. The van der Waals surface area contributed by atoms with Crippen molar-refractivity contribution in [3.8, 4) is 0 Å². The highest BCUT2D eigenvalue weighted by molar-refractivity contribution is 14.0. The van der Waals surface area contributed by atoms with Crippen LogP contribution in [0.2, 0.25) is 0 Å². The molecule has 0 aromatic heterocycles. The van der Waals surface area contributed by atoms with E-state index in [1.807, 2.05) is 0 Å². The summed E-state index contributed by atoms with van der Waals surface area (Å²) in [6.07, 6.45) is 10.3. The molecule has 6 nitrogen and oxygen atoms in total. The van der Waals surface area contributed by atoms with E-state index in [9.17, 15) is 0 Å². The molecule has 0 aromatic rings. The summed E-state index contributed by atoms with van der Waals surface area (Å²) in [5.74, 6) is 2.47. The maximum atomic E-state index is 6.21. The summed E-state index contributed by atoms with van der Waals surface area (Å²) in [6.45, 7) is 10.3. The van der Waals surface area contributed by atoms with E-state index in [2.05, 4.69) is 17.1 Å².